The average molecular weight is 275 g/mol. The predicted molar refractivity (Wildman–Crippen MR) is 83.8 cm³/mol. The van der Waals surface area contributed by atoms with Crippen LogP contribution in [0.2, 0.25) is 0 Å². The first kappa shape index (κ1) is 11.9. The van der Waals surface area contributed by atoms with Gasteiger partial charge < -0.3 is 9.73 Å². The van der Waals surface area contributed by atoms with Gasteiger partial charge in [0.15, 0.2) is 11.5 Å². The highest BCUT2D eigenvalue weighted by Crippen LogP contribution is 2.29. The van der Waals surface area contributed by atoms with Crippen molar-refractivity contribution in [3.8, 4) is 0 Å². The van der Waals surface area contributed by atoms with Crippen LogP contribution in [0.5, 0.6) is 0 Å². The van der Waals surface area contributed by atoms with Crippen LogP contribution in [-0.2, 0) is 0 Å². The number of benzene rings is 2. The van der Waals surface area contributed by atoms with E-state index in [4.69, 9.17) is 4.42 Å². The van der Waals surface area contributed by atoms with E-state index in [-0.39, 0.29) is 0 Å². The summed E-state index contributed by atoms with van der Waals surface area (Å²) < 4.78 is 5.69. The number of oxazole rings is 1. The van der Waals surface area contributed by atoms with Gasteiger partial charge in [-0.1, -0.05) is 24.3 Å². The van der Waals surface area contributed by atoms with E-state index in [1.807, 2.05) is 55.5 Å². The topological polar surface area (TPSA) is 51.0 Å². The maximum atomic E-state index is 5.69. The number of aryl methyl sites for hydroxylation is 1. The third-order valence-electron chi connectivity index (χ3n) is 3.42. The highest BCUT2D eigenvalue weighted by Gasteiger charge is 2.09. The smallest absolute Gasteiger partial charge is 0.192 e. The molecule has 0 aliphatic rings. The van der Waals surface area contributed by atoms with Crippen molar-refractivity contribution in [3.05, 3.63) is 60.6 Å². The SMILES string of the molecule is Cc1nc2cccc(Nc3cccc4cccnc34)c2o1. The van der Waals surface area contributed by atoms with Gasteiger partial charge in [0.2, 0.25) is 0 Å². The number of aromatic nitrogens is 2. The monoisotopic (exact) mass is 275 g/mol. The molecular formula is C17H13N3O. The van der Waals surface area contributed by atoms with Gasteiger partial charge in [-0.15, -0.1) is 0 Å². The predicted octanol–water partition coefficient (Wildman–Crippen LogP) is 4.43. The van der Waals surface area contributed by atoms with Crippen molar-refractivity contribution in [1.29, 1.82) is 0 Å². The number of nitrogens with zero attached hydrogens (tertiary/aromatic N) is 2. The standard InChI is InChI=1S/C17H13N3O/c1-11-19-14-8-3-9-15(17(14)21-11)20-13-7-2-5-12-6-4-10-18-16(12)13/h2-10,20H,1H3. The fourth-order valence-electron chi connectivity index (χ4n) is 2.51. The summed E-state index contributed by atoms with van der Waals surface area (Å²) in [6.07, 6.45) is 1.80. The molecule has 1 N–H and O–H groups in total. The number of nitrogens with one attached hydrogen (secondary N) is 1. The fraction of sp³-hybridized carbons (Fsp3) is 0.0588. The zero-order valence-corrected chi connectivity index (χ0v) is 11.5. The van der Waals surface area contributed by atoms with Crippen LogP contribution in [0.25, 0.3) is 22.0 Å². The highest BCUT2D eigenvalue weighted by atomic mass is 16.3. The van der Waals surface area contributed by atoms with Gasteiger partial charge in [-0.2, -0.15) is 0 Å². The number of para-hydroxylation sites is 2. The third-order valence-corrected chi connectivity index (χ3v) is 3.42. The van der Waals surface area contributed by atoms with E-state index in [0.717, 1.165) is 33.4 Å². The molecule has 2 heterocycles. The van der Waals surface area contributed by atoms with E-state index < -0.39 is 0 Å². The summed E-state index contributed by atoms with van der Waals surface area (Å²) in [5, 5.41) is 4.51. The molecule has 0 spiro atoms. The van der Waals surface area contributed by atoms with Crippen molar-refractivity contribution in [3.63, 3.8) is 0 Å². The minimum Gasteiger partial charge on any atom is -0.439 e. The van der Waals surface area contributed by atoms with Crippen LogP contribution < -0.4 is 5.32 Å². The molecule has 0 bridgehead atoms. The first-order valence-corrected chi connectivity index (χ1v) is 6.78. The van der Waals surface area contributed by atoms with Gasteiger partial charge in [0.25, 0.3) is 0 Å². The molecule has 4 aromatic rings. The summed E-state index contributed by atoms with van der Waals surface area (Å²) in [7, 11) is 0. The first-order chi connectivity index (χ1) is 10.3. The molecule has 0 saturated heterocycles. The van der Waals surface area contributed by atoms with E-state index in [9.17, 15) is 0 Å². The molecule has 4 heteroatoms. The van der Waals surface area contributed by atoms with Gasteiger partial charge in [-0.05, 0) is 24.3 Å². The van der Waals surface area contributed by atoms with E-state index in [0.29, 0.717) is 5.89 Å². The Hall–Kier alpha value is -2.88. The van der Waals surface area contributed by atoms with Crippen LogP contribution in [0.4, 0.5) is 11.4 Å². The summed E-state index contributed by atoms with van der Waals surface area (Å²) in [5.74, 6) is 0.662. The Kier molecular flexibility index (Phi) is 2.60. The van der Waals surface area contributed by atoms with Crippen LogP contribution >= 0.6 is 0 Å². The maximum absolute atomic E-state index is 5.69. The zero-order valence-electron chi connectivity index (χ0n) is 11.5. The van der Waals surface area contributed by atoms with Crippen molar-refractivity contribution < 1.29 is 4.42 Å². The molecule has 0 aliphatic carbocycles. The number of rotatable bonds is 2. The Morgan fingerprint density at radius 1 is 0.952 bits per heavy atom. The number of hydrogen-bond donors (Lipinski definition) is 1. The Morgan fingerprint density at radius 2 is 1.76 bits per heavy atom. The zero-order chi connectivity index (χ0) is 14.2. The van der Waals surface area contributed by atoms with Gasteiger partial charge >= 0.3 is 0 Å². The molecule has 21 heavy (non-hydrogen) atoms. The van der Waals surface area contributed by atoms with Crippen molar-refractivity contribution in [2.45, 2.75) is 6.92 Å². The maximum Gasteiger partial charge on any atom is 0.192 e. The lowest BCUT2D eigenvalue weighted by Gasteiger charge is -2.09. The van der Waals surface area contributed by atoms with Gasteiger partial charge in [-0.3, -0.25) is 4.98 Å². The molecule has 4 rings (SSSR count). The Labute approximate surface area is 121 Å². The number of anilines is 2. The molecule has 0 fully saturated rings. The van der Waals surface area contributed by atoms with Crippen LogP contribution in [0.1, 0.15) is 5.89 Å². The van der Waals surface area contributed by atoms with Crippen molar-refractivity contribution in [2.24, 2.45) is 0 Å². The second kappa shape index (κ2) is 4.59. The first-order valence-electron chi connectivity index (χ1n) is 6.78. The molecule has 0 radical (unpaired) electrons. The third kappa shape index (κ3) is 2.01. The van der Waals surface area contributed by atoms with Crippen LogP contribution in [0.3, 0.4) is 0 Å². The lowest BCUT2D eigenvalue weighted by atomic mass is 10.2. The summed E-state index contributed by atoms with van der Waals surface area (Å²) in [6.45, 7) is 1.85. The van der Waals surface area contributed by atoms with Crippen molar-refractivity contribution in [2.75, 3.05) is 5.32 Å². The number of fused-ring (bicyclic) bond motifs is 2. The molecule has 102 valence electrons. The minimum atomic E-state index is 0.662. The molecule has 0 amide bonds. The molecule has 0 unspecified atom stereocenters. The molecular weight excluding hydrogens is 262 g/mol. The minimum absolute atomic E-state index is 0.662. The van der Waals surface area contributed by atoms with E-state index in [2.05, 4.69) is 15.3 Å². The largest absolute Gasteiger partial charge is 0.439 e. The van der Waals surface area contributed by atoms with Crippen LogP contribution in [0, 0.1) is 6.92 Å². The van der Waals surface area contributed by atoms with Gasteiger partial charge in [-0.25, -0.2) is 4.98 Å². The van der Waals surface area contributed by atoms with E-state index in [1.165, 1.54) is 0 Å². The summed E-state index contributed by atoms with van der Waals surface area (Å²) >= 11 is 0. The quantitative estimate of drug-likeness (QED) is 0.588. The summed E-state index contributed by atoms with van der Waals surface area (Å²) in [4.78, 5) is 8.81. The molecule has 2 aromatic carbocycles. The molecule has 0 saturated carbocycles. The average Bonchev–Trinajstić information content (AvgIpc) is 2.89. The second-order valence-corrected chi connectivity index (χ2v) is 4.89. The van der Waals surface area contributed by atoms with Crippen molar-refractivity contribution in [1.82, 2.24) is 9.97 Å². The Morgan fingerprint density at radius 3 is 2.71 bits per heavy atom. The van der Waals surface area contributed by atoms with Crippen molar-refractivity contribution >= 4 is 33.4 Å². The summed E-state index contributed by atoms with van der Waals surface area (Å²) in [5.41, 5.74) is 4.41. The van der Waals surface area contributed by atoms with Gasteiger partial charge in [0, 0.05) is 18.5 Å². The lowest BCUT2D eigenvalue weighted by Crippen LogP contribution is -1.93. The summed E-state index contributed by atoms with van der Waals surface area (Å²) in [6, 6.07) is 15.9. The molecule has 0 atom stereocenters. The Balaban J connectivity index is 1.87. The van der Waals surface area contributed by atoms with Gasteiger partial charge in [0.1, 0.15) is 5.52 Å². The van der Waals surface area contributed by atoms with E-state index >= 15 is 0 Å². The molecule has 0 aliphatic heterocycles. The van der Waals surface area contributed by atoms with Crippen LogP contribution in [0.15, 0.2) is 59.1 Å². The molecule has 2 aromatic heterocycles. The number of pyridine rings is 1. The highest BCUT2D eigenvalue weighted by molar-refractivity contribution is 5.95. The second-order valence-electron chi connectivity index (χ2n) is 4.89. The molecule has 4 nitrogen and oxygen atoms in total. The lowest BCUT2D eigenvalue weighted by molar-refractivity contribution is 0.562. The normalized spacial score (nSPS) is 11.1. The number of hydrogen-bond acceptors (Lipinski definition) is 4. The van der Waals surface area contributed by atoms with E-state index in [1.54, 1.807) is 6.20 Å². The Bertz CT molecular complexity index is 938. The van der Waals surface area contributed by atoms with Crippen LogP contribution in [-0.4, -0.2) is 9.97 Å². The fourth-order valence-corrected chi connectivity index (χ4v) is 2.51. The van der Waals surface area contributed by atoms with Gasteiger partial charge in [0.05, 0.1) is 16.9 Å².